The molecule has 3 heterocycles. The summed E-state index contributed by atoms with van der Waals surface area (Å²) in [6.45, 7) is 7.36. The third kappa shape index (κ3) is 3.72. The standard InChI is InChI=1S/C15H19BrN2O2S3/c1-11-9-15(12(2)22-11)23(19,20)18-6-4-17(5-7-18)10-14-13(16)3-8-21-14/h3,8-9H,4-7,10H2,1-2H3. The molecule has 2 aromatic heterocycles. The predicted octanol–water partition coefficient (Wildman–Crippen LogP) is 3.70. The molecule has 23 heavy (non-hydrogen) atoms. The number of aryl methyl sites for hydroxylation is 2. The van der Waals surface area contributed by atoms with E-state index in [4.69, 9.17) is 0 Å². The lowest BCUT2D eigenvalue weighted by Crippen LogP contribution is -2.48. The second-order valence-corrected chi connectivity index (χ2v) is 10.9. The van der Waals surface area contributed by atoms with Gasteiger partial charge in [-0.1, -0.05) is 0 Å². The third-order valence-electron chi connectivity index (χ3n) is 4.00. The molecule has 8 heteroatoms. The van der Waals surface area contributed by atoms with Crippen LogP contribution < -0.4 is 0 Å². The van der Waals surface area contributed by atoms with E-state index in [1.165, 1.54) is 4.88 Å². The highest BCUT2D eigenvalue weighted by atomic mass is 79.9. The molecule has 2 aromatic rings. The number of hydrogen-bond donors (Lipinski definition) is 0. The van der Waals surface area contributed by atoms with Crippen molar-refractivity contribution in [3.8, 4) is 0 Å². The SMILES string of the molecule is Cc1cc(S(=O)(=O)N2CCN(Cc3sccc3Br)CC2)c(C)s1. The minimum Gasteiger partial charge on any atom is -0.296 e. The van der Waals surface area contributed by atoms with Gasteiger partial charge in [0.25, 0.3) is 0 Å². The van der Waals surface area contributed by atoms with Crippen LogP contribution >= 0.6 is 38.6 Å². The van der Waals surface area contributed by atoms with E-state index in [1.54, 1.807) is 33.0 Å². The Hall–Kier alpha value is -0.250. The molecule has 0 aromatic carbocycles. The first kappa shape index (κ1) is 17.6. The van der Waals surface area contributed by atoms with Crippen molar-refractivity contribution in [1.29, 1.82) is 0 Å². The maximum Gasteiger partial charge on any atom is 0.244 e. The van der Waals surface area contributed by atoms with Gasteiger partial charge in [0.05, 0.1) is 4.90 Å². The summed E-state index contributed by atoms with van der Waals surface area (Å²) in [5, 5.41) is 2.07. The largest absolute Gasteiger partial charge is 0.296 e. The van der Waals surface area contributed by atoms with Crippen LogP contribution in [0.1, 0.15) is 14.6 Å². The van der Waals surface area contributed by atoms with Crippen LogP contribution in [0.25, 0.3) is 0 Å². The smallest absolute Gasteiger partial charge is 0.244 e. The van der Waals surface area contributed by atoms with Crippen molar-refractivity contribution >= 4 is 48.6 Å². The van der Waals surface area contributed by atoms with Gasteiger partial charge in [-0.05, 0) is 47.3 Å². The Kier molecular flexibility index (Phi) is 5.30. The van der Waals surface area contributed by atoms with Crippen molar-refractivity contribution in [2.45, 2.75) is 25.3 Å². The van der Waals surface area contributed by atoms with E-state index in [0.717, 1.165) is 33.9 Å². The van der Waals surface area contributed by atoms with Crippen molar-refractivity contribution in [3.05, 3.63) is 36.6 Å². The van der Waals surface area contributed by atoms with Crippen molar-refractivity contribution in [2.24, 2.45) is 0 Å². The minimum absolute atomic E-state index is 0.481. The Morgan fingerprint density at radius 3 is 2.43 bits per heavy atom. The molecular formula is C15H19BrN2O2S3. The van der Waals surface area contributed by atoms with Gasteiger partial charge < -0.3 is 0 Å². The fraction of sp³-hybridized carbons (Fsp3) is 0.467. The number of sulfonamides is 1. The van der Waals surface area contributed by atoms with Crippen LogP contribution in [0.5, 0.6) is 0 Å². The summed E-state index contributed by atoms with van der Waals surface area (Å²) in [6.07, 6.45) is 0. The number of halogens is 1. The molecule has 0 aliphatic carbocycles. The van der Waals surface area contributed by atoms with Crippen molar-refractivity contribution in [1.82, 2.24) is 9.21 Å². The lowest BCUT2D eigenvalue weighted by Gasteiger charge is -2.33. The Morgan fingerprint density at radius 1 is 1.22 bits per heavy atom. The van der Waals surface area contributed by atoms with Crippen LogP contribution in [0.15, 0.2) is 26.9 Å². The van der Waals surface area contributed by atoms with Gasteiger partial charge in [0, 0.05) is 51.8 Å². The molecule has 0 amide bonds. The average Bonchev–Trinajstić information content (AvgIpc) is 3.06. The topological polar surface area (TPSA) is 40.6 Å². The van der Waals surface area contributed by atoms with Crippen molar-refractivity contribution < 1.29 is 8.42 Å². The monoisotopic (exact) mass is 434 g/mol. The Balaban J connectivity index is 1.66. The average molecular weight is 435 g/mol. The Morgan fingerprint density at radius 2 is 1.91 bits per heavy atom. The van der Waals surface area contributed by atoms with E-state index >= 15 is 0 Å². The first-order valence-electron chi connectivity index (χ1n) is 7.39. The van der Waals surface area contributed by atoms with E-state index in [0.29, 0.717) is 18.0 Å². The summed E-state index contributed by atoms with van der Waals surface area (Å²) in [7, 11) is -3.36. The van der Waals surface area contributed by atoms with Crippen LogP contribution in [-0.2, 0) is 16.6 Å². The highest BCUT2D eigenvalue weighted by molar-refractivity contribution is 9.10. The third-order valence-corrected chi connectivity index (χ3v) is 9.03. The zero-order valence-corrected chi connectivity index (χ0v) is 17.1. The fourth-order valence-corrected chi connectivity index (χ4v) is 7.24. The lowest BCUT2D eigenvalue weighted by molar-refractivity contribution is 0.182. The van der Waals surface area contributed by atoms with E-state index < -0.39 is 10.0 Å². The van der Waals surface area contributed by atoms with Gasteiger partial charge in [-0.3, -0.25) is 4.90 Å². The van der Waals surface area contributed by atoms with Crippen molar-refractivity contribution in [3.63, 3.8) is 0 Å². The molecule has 0 atom stereocenters. The lowest BCUT2D eigenvalue weighted by atomic mass is 10.3. The van der Waals surface area contributed by atoms with Gasteiger partial charge in [-0.2, -0.15) is 4.31 Å². The molecule has 0 N–H and O–H groups in total. The van der Waals surface area contributed by atoms with Crippen LogP contribution in [0, 0.1) is 13.8 Å². The summed E-state index contributed by atoms with van der Waals surface area (Å²) in [6, 6.07) is 3.85. The van der Waals surface area contributed by atoms with E-state index in [2.05, 4.69) is 32.3 Å². The molecule has 0 saturated carbocycles. The van der Waals surface area contributed by atoms with E-state index in [1.807, 2.05) is 13.8 Å². The van der Waals surface area contributed by atoms with Crippen molar-refractivity contribution in [2.75, 3.05) is 26.2 Å². The highest BCUT2D eigenvalue weighted by Gasteiger charge is 2.30. The van der Waals surface area contributed by atoms with Gasteiger partial charge in [-0.25, -0.2) is 8.42 Å². The van der Waals surface area contributed by atoms with Crippen LogP contribution in [0.3, 0.4) is 0 Å². The normalized spacial score (nSPS) is 17.7. The molecule has 1 aliphatic rings. The van der Waals surface area contributed by atoms with Gasteiger partial charge in [0.1, 0.15) is 0 Å². The molecule has 0 spiro atoms. The second kappa shape index (κ2) is 6.93. The van der Waals surface area contributed by atoms with Crippen LogP contribution in [0.4, 0.5) is 0 Å². The number of piperazine rings is 1. The molecule has 3 rings (SSSR count). The minimum atomic E-state index is -3.36. The summed E-state index contributed by atoms with van der Waals surface area (Å²) in [5.41, 5.74) is 0. The number of nitrogens with zero attached hydrogens (tertiary/aromatic N) is 2. The van der Waals surface area contributed by atoms with Gasteiger partial charge in [0.2, 0.25) is 10.0 Å². The van der Waals surface area contributed by atoms with E-state index in [-0.39, 0.29) is 0 Å². The quantitative estimate of drug-likeness (QED) is 0.736. The fourth-order valence-electron chi connectivity index (χ4n) is 2.77. The summed E-state index contributed by atoms with van der Waals surface area (Å²) in [4.78, 5) is 6.02. The Labute approximate surface area is 153 Å². The zero-order chi connectivity index (χ0) is 16.6. The number of thiophene rings is 2. The first-order chi connectivity index (χ1) is 10.9. The molecule has 0 bridgehead atoms. The van der Waals surface area contributed by atoms with Gasteiger partial charge >= 0.3 is 0 Å². The van der Waals surface area contributed by atoms with Crippen LogP contribution in [0.2, 0.25) is 0 Å². The van der Waals surface area contributed by atoms with Gasteiger partial charge in [0.15, 0.2) is 0 Å². The molecular weight excluding hydrogens is 416 g/mol. The number of hydrogen-bond acceptors (Lipinski definition) is 5. The molecule has 126 valence electrons. The zero-order valence-electron chi connectivity index (χ0n) is 13.1. The van der Waals surface area contributed by atoms with Gasteiger partial charge in [-0.15, -0.1) is 22.7 Å². The summed E-state index contributed by atoms with van der Waals surface area (Å²) < 4.78 is 28.4. The molecule has 0 unspecified atom stereocenters. The molecule has 4 nitrogen and oxygen atoms in total. The summed E-state index contributed by atoms with van der Waals surface area (Å²) >= 11 is 6.83. The maximum atomic E-state index is 12.8. The maximum absolute atomic E-state index is 12.8. The number of rotatable bonds is 4. The molecule has 1 fully saturated rings. The second-order valence-electron chi connectivity index (χ2n) is 5.65. The first-order valence-corrected chi connectivity index (χ1v) is 11.3. The molecule has 1 saturated heterocycles. The van der Waals surface area contributed by atoms with E-state index in [9.17, 15) is 8.42 Å². The predicted molar refractivity (Wildman–Crippen MR) is 99.8 cm³/mol. The Bertz CT molecular complexity index is 790. The summed E-state index contributed by atoms with van der Waals surface area (Å²) in [5.74, 6) is 0. The highest BCUT2D eigenvalue weighted by Crippen LogP contribution is 2.29. The van der Waals surface area contributed by atoms with Crippen LogP contribution in [-0.4, -0.2) is 43.8 Å². The molecule has 1 aliphatic heterocycles. The molecule has 0 radical (unpaired) electrons.